The molecule has 4 aromatic rings. The first-order chi connectivity index (χ1) is 9.92. The second-order valence-corrected chi connectivity index (χ2v) is 5.75. The van der Waals surface area contributed by atoms with Crippen molar-refractivity contribution >= 4 is 32.3 Å². The van der Waals surface area contributed by atoms with E-state index in [0.29, 0.717) is 5.92 Å². The number of ether oxygens (including phenoxy) is 1. The van der Waals surface area contributed by atoms with Crippen molar-refractivity contribution in [2.75, 3.05) is 13.2 Å². The van der Waals surface area contributed by atoms with Gasteiger partial charge in [0.2, 0.25) is 0 Å². The van der Waals surface area contributed by atoms with Crippen molar-refractivity contribution in [1.29, 1.82) is 0 Å². The number of hydrogen-bond donors (Lipinski definition) is 0. The average Bonchev–Trinajstić information content (AvgIpc) is 2.44. The number of rotatable bonds is 1. The van der Waals surface area contributed by atoms with Gasteiger partial charge in [-0.3, -0.25) is 0 Å². The smallest absolute Gasteiger partial charge is 0.0557 e. The van der Waals surface area contributed by atoms with Gasteiger partial charge in [-0.05, 0) is 37.9 Å². The Morgan fingerprint density at radius 2 is 1.35 bits per heavy atom. The molecule has 0 amide bonds. The van der Waals surface area contributed by atoms with Gasteiger partial charge >= 0.3 is 0 Å². The second-order valence-electron chi connectivity index (χ2n) is 5.75. The molecule has 0 radical (unpaired) electrons. The predicted octanol–water partition coefficient (Wildman–Crippen LogP) is 4.70. The maximum atomic E-state index is 5.38. The van der Waals surface area contributed by atoms with Crippen LogP contribution < -0.4 is 0 Å². The van der Waals surface area contributed by atoms with E-state index in [4.69, 9.17) is 4.74 Å². The summed E-state index contributed by atoms with van der Waals surface area (Å²) in [5.74, 6) is 0.569. The van der Waals surface area contributed by atoms with Gasteiger partial charge in [-0.25, -0.2) is 0 Å². The van der Waals surface area contributed by atoms with Crippen LogP contribution in [0.5, 0.6) is 0 Å². The molecule has 1 heteroatoms. The molecule has 96 valence electrons. The third kappa shape index (κ3) is 1.26. The first-order valence-corrected chi connectivity index (χ1v) is 7.16. The van der Waals surface area contributed by atoms with Crippen LogP contribution in [0.1, 0.15) is 11.5 Å². The summed E-state index contributed by atoms with van der Waals surface area (Å²) in [6, 6.07) is 20.1. The molecule has 0 N–H and O–H groups in total. The van der Waals surface area contributed by atoms with Gasteiger partial charge in [0, 0.05) is 5.92 Å². The minimum atomic E-state index is 0.569. The van der Waals surface area contributed by atoms with Crippen molar-refractivity contribution in [3.8, 4) is 0 Å². The highest BCUT2D eigenvalue weighted by Crippen LogP contribution is 2.39. The molecule has 0 spiro atoms. The predicted molar refractivity (Wildman–Crippen MR) is 83.7 cm³/mol. The van der Waals surface area contributed by atoms with Crippen LogP contribution >= 0.6 is 0 Å². The summed E-state index contributed by atoms with van der Waals surface area (Å²) in [4.78, 5) is 0. The Morgan fingerprint density at radius 3 is 2.05 bits per heavy atom. The molecule has 0 atom stereocenters. The van der Waals surface area contributed by atoms with Gasteiger partial charge in [0.15, 0.2) is 0 Å². The summed E-state index contributed by atoms with van der Waals surface area (Å²) in [5.41, 5.74) is 1.45. The zero-order valence-corrected chi connectivity index (χ0v) is 11.1. The van der Waals surface area contributed by atoms with Crippen LogP contribution in [0.4, 0.5) is 0 Å². The number of hydrogen-bond acceptors (Lipinski definition) is 1. The van der Waals surface area contributed by atoms with Gasteiger partial charge in [-0.1, -0.05) is 54.6 Å². The van der Waals surface area contributed by atoms with Crippen LogP contribution in [0.25, 0.3) is 32.3 Å². The van der Waals surface area contributed by atoms with E-state index in [1.54, 1.807) is 0 Å². The molecule has 1 aliphatic rings. The van der Waals surface area contributed by atoms with Crippen molar-refractivity contribution in [3.05, 3.63) is 60.2 Å². The Kier molecular flexibility index (Phi) is 1.97. The Hall–Kier alpha value is -2.12. The largest absolute Gasteiger partial charge is 0.380 e. The summed E-state index contributed by atoms with van der Waals surface area (Å²) in [5, 5.41) is 8.24. The molecular weight excluding hydrogens is 244 g/mol. The van der Waals surface area contributed by atoms with E-state index in [1.165, 1.54) is 37.9 Å². The lowest BCUT2D eigenvalue weighted by Gasteiger charge is -2.28. The molecule has 1 fully saturated rings. The molecule has 1 saturated heterocycles. The van der Waals surface area contributed by atoms with Crippen LogP contribution in [0.15, 0.2) is 54.6 Å². The van der Waals surface area contributed by atoms with E-state index in [0.717, 1.165) is 13.2 Å². The van der Waals surface area contributed by atoms with E-state index in [2.05, 4.69) is 54.6 Å². The highest BCUT2D eigenvalue weighted by molar-refractivity contribution is 6.23. The third-order valence-corrected chi connectivity index (χ3v) is 4.64. The highest BCUT2D eigenvalue weighted by Gasteiger charge is 2.23. The van der Waals surface area contributed by atoms with Gasteiger partial charge in [-0.2, -0.15) is 0 Å². The van der Waals surface area contributed by atoms with E-state index in [1.807, 2.05) is 0 Å². The molecule has 1 heterocycles. The lowest BCUT2D eigenvalue weighted by atomic mass is 9.87. The van der Waals surface area contributed by atoms with Gasteiger partial charge < -0.3 is 4.74 Å². The number of benzene rings is 4. The summed E-state index contributed by atoms with van der Waals surface area (Å²) in [6.45, 7) is 1.73. The molecule has 0 aromatic heterocycles. The first kappa shape index (κ1) is 10.6. The fraction of sp³-hybridized carbons (Fsp3) is 0.158. The molecule has 4 aromatic carbocycles. The molecule has 0 bridgehead atoms. The maximum absolute atomic E-state index is 5.38. The normalized spacial score (nSPS) is 16.2. The molecular formula is C19H14O. The van der Waals surface area contributed by atoms with Crippen molar-refractivity contribution in [2.45, 2.75) is 5.92 Å². The van der Waals surface area contributed by atoms with Crippen LogP contribution in [-0.4, -0.2) is 13.2 Å². The molecule has 0 aliphatic carbocycles. The minimum absolute atomic E-state index is 0.569. The Morgan fingerprint density at radius 1 is 0.700 bits per heavy atom. The van der Waals surface area contributed by atoms with E-state index in [9.17, 15) is 0 Å². The zero-order valence-electron chi connectivity index (χ0n) is 11.1. The van der Waals surface area contributed by atoms with Crippen molar-refractivity contribution in [1.82, 2.24) is 0 Å². The summed E-state index contributed by atoms with van der Waals surface area (Å²) < 4.78 is 5.38. The molecule has 20 heavy (non-hydrogen) atoms. The molecule has 0 saturated carbocycles. The summed E-state index contributed by atoms with van der Waals surface area (Å²) in [7, 11) is 0. The fourth-order valence-electron chi connectivity index (χ4n) is 3.53. The molecule has 1 nitrogen and oxygen atoms in total. The Bertz CT molecular complexity index is 919. The highest BCUT2D eigenvalue weighted by atomic mass is 16.5. The molecule has 1 aliphatic heterocycles. The van der Waals surface area contributed by atoms with Crippen molar-refractivity contribution in [2.24, 2.45) is 0 Å². The van der Waals surface area contributed by atoms with E-state index >= 15 is 0 Å². The van der Waals surface area contributed by atoms with Crippen molar-refractivity contribution < 1.29 is 4.74 Å². The Balaban J connectivity index is 2.02. The van der Waals surface area contributed by atoms with Crippen LogP contribution in [-0.2, 0) is 4.74 Å². The maximum Gasteiger partial charge on any atom is 0.0557 e. The standard InChI is InChI=1S/C19H14O/c1-2-12-4-5-14-6-8-16(15-10-20-11-15)17-9-7-13(3-1)18(12)19(14)17/h1-9,15H,10-11H2. The second kappa shape index (κ2) is 3.71. The SMILES string of the molecule is c1cc2ccc3ccc(C4COC4)c4ccc(c1)c2c34. The minimum Gasteiger partial charge on any atom is -0.380 e. The van der Waals surface area contributed by atoms with E-state index < -0.39 is 0 Å². The fourth-order valence-corrected chi connectivity index (χ4v) is 3.53. The Labute approximate surface area is 117 Å². The van der Waals surface area contributed by atoms with Crippen LogP contribution in [0, 0.1) is 0 Å². The van der Waals surface area contributed by atoms with Crippen LogP contribution in [0.3, 0.4) is 0 Å². The first-order valence-electron chi connectivity index (χ1n) is 7.16. The van der Waals surface area contributed by atoms with Crippen molar-refractivity contribution in [3.63, 3.8) is 0 Å². The third-order valence-electron chi connectivity index (χ3n) is 4.64. The molecule has 0 unspecified atom stereocenters. The van der Waals surface area contributed by atoms with Gasteiger partial charge in [0.25, 0.3) is 0 Å². The zero-order chi connectivity index (χ0) is 13.1. The quantitative estimate of drug-likeness (QED) is 0.450. The average molecular weight is 258 g/mol. The van der Waals surface area contributed by atoms with E-state index in [-0.39, 0.29) is 0 Å². The topological polar surface area (TPSA) is 9.23 Å². The van der Waals surface area contributed by atoms with Crippen LogP contribution in [0.2, 0.25) is 0 Å². The summed E-state index contributed by atoms with van der Waals surface area (Å²) >= 11 is 0. The molecule has 5 rings (SSSR count). The van der Waals surface area contributed by atoms with Gasteiger partial charge in [0.05, 0.1) is 13.2 Å². The lowest BCUT2D eigenvalue weighted by molar-refractivity contribution is 0.00901. The van der Waals surface area contributed by atoms with Gasteiger partial charge in [-0.15, -0.1) is 0 Å². The summed E-state index contributed by atoms with van der Waals surface area (Å²) in [6.07, 6.45) is 0. The van der Waals surface area contributed by atoms with Gasteiger partial charge in [0.1, 0.15) is 0 Å². The lowest BCUT2D eigenvalue weighted by Crippen LogP contribution is -2.25. The monoisotopic (exact) mass is 258 g/mol.